The Labute approximate surface area is 110 Å². The van der Waals surface area contributed by atoms with Crippen molar-refractivity contribution in [3.8, 4) is 0 Å². The number of ether oxygens (including phenoxy) is 1. The molecule has 2 N–H and O–H groups in total. The van der Waals surface area contributed by atoms with Gasteiger partial charge in [0.05, 0.1) is 6.10 Å². The molecule has 0 aliphatic carbocycles. The van der Waals surface area contributed by atoms with Crippen LogP contribution in [0, 0.1) is 5.92 Å². The number of methoxy groups -OCH3 is 1. The molecule has 3 atom stereocenters. The molecule has 0 saturated carbocycles. The highest BCUT2D eigenvalue weighted by molar-refractivity contribution is 5.48. The minimum absolute atomic E-state index is 0.104. The lowest BCUT2D eigenvalue weighted by atomic mass is 9.95. The molecule has 18 heavy (non-hydrogen) atoms. The zero-order chi connectivity index (χ0) is 13.1. The fraction of sp³-hybridized carbons (Fsp3) is 0.600. The molecule has 0 bridgehead atoms. The van der Waals surface area contributed by atoms with Crippen molar-refractivity contribution in [1.82, 2.24) is 0 Å². The van der Waals surface area contributed by atoms with Gasteiger partial charge in [-0.2, -0.15) is 0 Å². The minimum atomic E-state index is 0.104. The van der Waals surface area contributed by atoms with Crippen LogP contribution in [0.2, 0.25) is 0 Å². The summed E-state index contributed by atoms with van der Waals surface area (Å²) in [6, 6.07) is 8.69. The fourth-order valence-electron chi connectivity index (χ4n) is 2.56. The molecule has 1 aliphatic heterocycles. The number of hydrogen-bond donors (Lipinski definition) is 1. The second-order valence-corrected chi connectivity index (χ2v) is 5.37. The third-order valence-corrected chi connectivity index (χ3v) is 3.98. The Bertz CT molecular complexity index is 375. The first-order chi connectivity index (χ1) is 8.61. The molecule has 2 unspecified atom stereocenters. The highest BCUT2D eigenvalue weighted by atomic mass is 16.5. The molecule has 1 aliphatic rings. The lowest BCUT2D eigenvalue weighted by molar-refractivity contribution is 0.0498. The Morgan fingerprint density at radius 2 is 2.00 bits per heavy atom. The summed E-state index contributed by atoms with van der Waals surface area (Å²) in [6.07, 6.45) is 1.53. The van der Waals surface area contributed by atoms with E-state index in [1.165, 1.54) is 17.7 Å². The number of nitrogens with zero attached hydrogens (tertiary/aromatic N) is 1. The summed E-state index contributed by atoms with van der Waals surface area (Å²) in [5, 5.41) is 0. The lowest BCUT2D eigenvalue weighted by Crippen LogP contribution is -2.43. The van der Waals surface area contributed by atoms with Gasteiger partial charge in [-0.25, -0.2) is 0 Å². The molecule has 2 rings (SSSR count). The molecule has 0 amide bonds. The summed E-state index contributed by atoms with van der Waals surface area (Å²) < 4.78 is 5.56. The summed E-state index contributed by atoms with van der Waals surface area (Å²) in [6.45, 7) is 6.37. The van der Waals surface area contributed by atoms with Crippen LogP contribution in [0.3, 0.4) is 0 Å². The molecule has 3 nitrogen and oxygen atoms in total. The number of rotatable bonds is 3. The molecule has 1 saturated heterocycles. The van der Waals surface area contributed by atoms with Crippen LogP contribution in [0.1, 0.15) is 31.9 Å². The topological polar surface area (TPSA) is 38.5 Å². The van der Waals surface area contributed by atoms with Crippen molar-refractivity contribution < 1.29 is 4.74 Å². The summed E-state index contributed by atoms with van der Waals surface area (Å²) in [5.74, 6) is 0.648. The quantitative estimate of drug-likeness (QED) is 0.893. The van der Waals surface area contributed by atoms with Gasteiger partial charge in [-0.1, -0.05) is 19.1 Å². The molecule has 0 radical (unpaired) electrons. The summed E-state index contributed by atoms with van der Waals surface area (Å²) in [5.41, 5.74) is 8.33. The first-order valence-electron chi connectivity index (χ1n) is 6.75. The molecule has 1 aromatic rings. The predicted octanol–water partition coefficient (Wildman–Crippen LogP) is 2.57. The molecule has 3 heteroatoms. The van der Waals surface area contributed by atoms with E-state index in [1.54, 1.807) is 0 Å². The average molecular weight is 248 g/mol. The van der Waals surface area contributed by atoms with E-state index in [-0.39, 0.29) is 6.04 Å². The maximum absolute atomic E-state index is 5.87. The van der Waals surface area contributed by atoms with Crippen LogP contribution in [-0.4, -0.2) is 26.3 Å². The smallest absolute Gasteiger partial charge is 0.0772 e. The van der Waals surface area contributed by atoms with E-state index in [1.807, 2.05) is 14.0 Å². The van der Waals surface area contributed by atoms with E-state index >= 15 is 0 Å². The summed E-state index contributed by atoms with van der Waals surface area (Å²) >= 11 is 0. The normalized spacial score (nSPS) is 26.1. The van der Waals surface area contributed by atoms with Crippen LogP contribution in [0.25, 0.3) is 0 Å². The average Bonchev–Trinajstić information content (AvgIpc) is 2.39. The number of benzene rings is 1. The molecule has 0 spiro atoms. The highest BCUT2D eigenvalue weighted by Gasteiger charge is 2.25. The molecule has 0 aromatic heterocycles. The first kappa shape index (κ1) is 13.4. The largest absolute Gasteiger partial charge is 0.379 e. The Kier molecular flexibility index (Phi) is 4.25. The van der Waals surface area contributed by atoms with Crippen LogP contribution in [0.5, 0.6) is 0 Å². The van der Waals surface area contributed by atoms with Gasteiger partial charge in [-0.15, -0.1) is 0 Å². The van der Waals surface area contributed by atoms with Crippen LogP contribution in [0.4, 0.5) is 5.69 Å². The van der Waals surface area contributed by atoms with Crippen molar-refractivity contribution in [2.75, 3.05) is 25.1 Å². The van der Waals surface area contributed by atoms with Gasteiger partial charge in [-0.3, -0.25) is 0 Å². The Hall–Kier alpha value is -1.06. The number of hydrogen-bond acceptors (Lipinski definition) is 3. The Morgan fingerprint density at radius 1 is 1.33 bits per heavy atom. The zero-order valence-electron chi connectivity index (χ0n) is 11.6. The van der Waals surface area contributed by atoms with Gasteiger partial charge >= 0.3 is 0 Å². The predicted molar refractivity (Wildman–Crippen MR) is 75.8 cm³/mol. The monoisotopic (exact) mass is 248 g/mol. The van der Waals surface area contributed by atoms with Crippen molar-refractivity contribution in [2.45, 2.75) is 32.4 Å². The van der Waals surface area contributed by atoms with Gasteiger partial charge in [-0.05, 0) is 37.0 Å². The van der Waals surface area contributed by atoms with Crippen LogP contribution < -0.4 is 10.6 Å². The van der Waals surface area contributed by atoms with Crippen LogP contribution in [0.15, 0.2) is 24.3 Å². The van der Waals surface area contributed by atoms with Crippen molar-refractivity contribution in [3.63, 3.8) is 0 Å². The van der Waals surface area contributed by atoms with Gasteiger partial charge in [0, 0.05) is 31.9 Å². The lowest BCUT2D eigenvalue weighted by Gasteiger charge is -2.37. The van der Waals surface area contributed by atoms with Gasteiger partial charge < -0.3 is 15.4 Å². The summed E-state index contributed by atoms with van der Waals surface area (Å²) in [7, 11) is 1.81. The molecule has 100 valence electrons. The SMILES string of the molecule is COC1CN(c2ccc([C@@H](C)N)cc2)CCC1C. The highest BCUT2D eigenvalue weighted by Crippen LogP contribution is 2.25. The van der Waals surface area contributed by atoms with Crippen LogP contribution >= 0.6 is 0 Å². The second kappa shape index (κ2) is 5.72. The molecular weight excluding hydrogens is 224 g/mol. The van der Waals surface area contributed by atoms with Gasteiger partial charge in [0.25, 0.3) is 0 Å². The standard InChI is InChI=1S/C15H24N2O/c1-11-8-9-17(10-15(11)18-3)14-6-4-13(5-7-14)12(2)16/h4-7,11-12,15H,8-10,16H2,1-3H3/t11?,12-,15?/m1/s1. The van der Waals surface area contributed by atoms with Crippen molar-refractivity contribution in [1.29, 1.82) is 0 Å². The van der Waals surface area contributed by atoms with E-state index in [4.69, 9.17) is 10.5 Å². The maximum Gasteiger partial charge on any atom is 0.0772 e. The molecule has 1 heterocycles. The van der Waals surface area contributed by atoms with E-state index in [2.05, 4.69) is 36.1 Å². The molecule has 1 aromatic carbocycles. The van der Waals surface area contributed by atoms with E-state index in [0.717, 1.165) is 13.1 Å². The third kappa shape index (κ3) is 2.85. The fourth-order valence-corrected chi connectivity index (χ4v) is 2.56. The molecular formula is C15H24N2O. The van der Waals surface area contributed by atoms with Crippen molar-refractivity contribution in [2.24, 2.45) is 11.7 Å². The molecule has 1 fully saturated rings. The second-order valence-electron chi connectivity index (χ2n) is 5.37. The van der Waals surface area contributed by atoms with Crippen molar-refractivity contribution >= 4 is 5.69 Å². The van der Waals surface area contributed by atoms with E-state index in [0.29, 0.717) is 12.0 Å². The zero-order valence-corrected chi connectivity index (χ0v) is 11.6. The summed E-state index contributed by atoms with van der Waals surface area (Å²) in [4.78, 5) is 2.40. The van der Waals surface area contributed by atoms with Crippen LogP contribution in [-0.2, 0) is 4.74 Å². The van der Waals surface area contributed by atoms with E-state index < -0.39 is 0 Å². The number of nitrogens with two attached hydrogens (primary N) is 1. The number of piperidine rings is 1. The maximum atomic E-state index is 5.87. The van der Waals surface area contributed by atoms with Gasteiger partial charge in [0.2, 0.25) is 0 Å². The van der Waals surface area contributed by atoms with Gasteiger partial charge in [0.15, 0.2) is 0 Å². The van der Waals surface area contributed by atoms with Gasteiger partial charge in [0.1, 0.15) is 0 Å². The van der Waals surface area contributed by atoms with Crippen molar-refractivity contribution in [3.05, 3.63) is 29.8 Å². The Balaban J connectivity index is 2.07. The number of anilines is 1. The Morgan fingerprint density at radius 3 is 2.56 bits per heavy atom. The first-order valence-corrected chi connectivity index (χ1v) is 6.75. The van der Waals surface area contributed by atoms with E-state index in [9.17, 15) is 0 Å². The minimum Gasteiger partial charge on any atom is -0.379 e. The third-order valence-electron chi connectivity index (χ3n) is 3.98.